The summed E-state index contributed by atoms with van der Waals surface area (Å²) >= 11 is 0. The second kappa shape index (κ2) is 7.89. The Kier molecular flexibility index (Phi) is 5.89. The molecule has 0 saturated heterocycles. The second-order valence-electron chi connectivity index (χ2n) is 4.53. The van der Waals surface area contributed by atoms with Gasteiger partial charge in [-0.1, -0.05) is 30.3 Å². The Morgan fingerprint density at radius 2 is 1.96 bits per heavy atom. The van der Waals surface area contributed by atoms with E-state index < -0.39 is 7.60 Å². The van der Waals surface area contributed by atoms with Crippen LogP contribution in [0.5, 0.6) is 0 Å². The number of hydrogen-bond donors (Lipinski definition) is 1. The Balaban J connectivity index is 2.34. The van der Waals surface area contributed by atoms with Gasteiger partial charge in [0.1, 0.15) is 17.2 Å². The third kappa shape index (κ3) is 4.17. The van der Waals surface area contributed by atoms with Crippen molar-refractivity contribution in [1.82, 2.24) is 9.97 Å². The summed E-state index contributed by atoms with van der Waals surface area (Å²) in [5.74, 6) is 0.664. The van der Waals surface area contributed by atoms with Crippen molar-refractivity contribution in [2.24, 2.45) is 0 Å². The van der Waals surface area contributed by atoms with Gasteiger partial charge < -0.3 is 14.0 Å². The molecule has 1 heterocycles. The van der Waals surface area contributed by atoms with Gasteiger partial charge in [0, 0.05) is 5.56 Å². The van der Waals surface area contributed by atoms with Crippen molar-refractivity contribution in [3.8, 4) is 17.5 Å². The molecule has 2 rings (SSSR count). The van der Waals surface area contributed by atoms with Gasteiger partial charge in [0.15, 0.2) is 0 Å². The summed E-state index contributed by atoms with van der Waals surface area (Å²) in [6.45, 7) is 3.78. The van der Waals surface area contributed by atoms with E-state index >= 15 is 0 Å². The van der Waals surface area contributed by atoms with Crippen LogP contribution in [0.2, 0.25) is 0 Å². The smallest absolute Gasteiger partial charge is 0.338 e. The van der Waals surface area contributed by atoms with Crippen molar-refractivity contribution in [2.45, 2.75) is 13.8 Å². The van der Waals surface area contributed by atoms with Crippen LogP contribution in [-0.4, -0.2) is 23.2 Å². The van der Waals surface area contributed by atoms with Crippen LogP contribution in [-0.2, 0) is 13.6 Å². The molecule has 6 nitrogen and oxygen atoms in total. The molecule has 0 atom stereocenters. The van der Waals surface area contributed by atoms with Gasteiger partial charge in [0.25, 0.3) is 0 Å². The maximum atomic E-state index is 12.7. The van der Waals surface area contributed by atoms with Crippen molar-refractivity contribution in [1.29, 1.82) is 5.26 Å². The Morgan fingerprint density at radius 3 is 2.52 bits per heavy atom. The fourth-order valence-electron chi connectivity index (χ4n) is 1.99. The first-order valence-corrected chi connectivity index (χ1v) is 8.79. The number of benzene rings is 1. The summed E-state index contributed by atoms with van der Waals surface area (Å²) in [7, 11) is -3.61. The molecule has 0 aliphatic carbocycles. The van der Waals surface area contributed by atoms with E-state index in [-0.39, 0.29) is 18.5 Å². The van der Waals surface area contributed by atoms with Gasteiger partial charge in [-0.05, 0) is 19.9 Å². The minimum Gasteiger partial charge on any atom is -0.338 e. The minimum atomic E-state index is -3.61. The van der Waals surface area contributed by atoms with E-state index in [0.29, 0.717) is 11.5 Å². The Morgan fingerprint density at radius 1 is 1.30 bits per heavy atom. The van der Waals surface area contributed by atoms with Gasteiger partial charge in [-0.3, -0.25) is 4.57 Å². The predicted molar refractivity (Wildman–Crippen MR) is 88.5 cm³/mol. The van der Waals surface area contributed by atoms with E-state index in [4.69, 9.17) is 9.05 Å². The molecular weight excluding hydrogens is 313 g/mol. The molecule has 0 bridgehead atoms. The van der Waals surface area contributed by atoms with E-state index in [0.717, 1.165) is 5.56 Å². The summed E-state index contributed by atoms with van der Waals surface area (Å²) < 4.78 is 23.0. The number of rotatable bonds is 7. The molecule has 1 aromatic heterocycles. The molecule has 0 amide bonds. The lowest BCUT2D eigenvalue weighted by Gasteiger charge is -2.15. The summed E-state index contributed by atoms with van der Waals surface area (Å²) in [6.07, 6.45) is 3.02. The third-order valence-electron chi connectivity index (χ3n) is 2.94. The van der Waals surface area contributed by atoms with Crippen LogP contribution in [0.4, 0.5) is 0 Å². The highest BCUT2D eigenvalue weighted by molar-refractivity contribution is 7.59. The van der Waals surface area contributed by atoms with Crippen LogP contribution in [0.1, 0.15) is 19.5 Å². The molecule has 0 fully saturated rings. The number of allylic oxidation sites excluding steroid dienone is 1. The topological polar surface area (TPSA) is 88.0 Å². The molecule has 0 spiro atoms. The monoisotopic (exact) mass is 331 g/mol. The summed E-state index contributed by atoms with van der Waals surface area (Å²) in [6, 6.07) is 11.5. The second-order valence-corrected chi connectivity index (χ2v) is 6.52. The lowest BCUT2D eigenvalue weighted by Crippen LogP contribution is -1.97. The number of H-pyrrole nitrogens is 1. The highest BCUT2D eigenvalue weighted by Crippen LogP contribution is 2.56. The number of nitrogens with zero attached hydrogens (tertiary/aromatic N) is 2. The molecule has 7 heteroatoms. The Labute approximate surface area is 135 Å². The lowest BCUT2D eigenvalue weighted by molar-refractivity contribution is 0.227. The quantitative estimate of drug-likeness (QED) is 0.606. The average Bonchev–Trinajstić information content (AvgIpc) is 3.02. The van der Waals surface area contributed by atoms with Gasteiger partial charge in [-0.2, -0.15) is 5.26 Å². The zero-order valence-corrected chi connectivity index (χ0v) is 13.9. The SMILES string of the molecule is CCOP(=O)(OCC)/C(C#N)=C\c1cnc(-c2ccccc2)[nH]1. The molecule has 1 aromatic carbocycles. The molecule has 0 radical (unpaired) electrons. The number of imidazole rings is 1. The van der Waals surface area contributed by atoms with Crippen molar-refractivity contribution >= 4 is 13.7 Å². The first-order valence-electron chi connectivity index (χ1n) is 7.25. The van der Waals surface area contributed by atoms with Crippen LogP contribution < -0.4 is 0 Å². The summed E-state index contributed by atoms with van der Waals surface area (Å²) in [5.41, 5.74) is 1.48. The molecular formula is C16H18N3O3P. The summed E-state index contributed by atoms with van der Waals surface area (Å²) in [5, 5.41) is 9.26. The fourth-order valence-corrected chi connectivity index (χ4v) is 3.44. The largest absolute Gasteiger partial charge is 0.371 e. The number of nitriles is 1. The third-order valence-corrected chi connectivity index (χ3v) is 4.96. The highest BCUT2D eigenvalue weighted by Gasteiger charge is 2.30. The first kappa shape index (κ1) is 17.2. The zero-order chi connectivity index (χ0) is 16.7. The lowest BCUT2D eigenvalue weighted by atomic mass is 10.2. The van der Waals surface area contributed by atoms with E-state index in [1.54, 1.807) is 20.0 Å². The van der Waals surface area contributed by atoms with E-state index in [1.807, 2.05) is 36.4 Å². The van der Waals surface area contributed by atoms with Crippen molar-refractivity contribution in [3.05, 3.63) is 47.5 Å². The van der Waals surface area contributed by atoms with Gasteiger partial charge in [0.05, 0.1) is 25.1 Å². The number of aromatic nitrogens is 2. The van der Waals surface area contributed by atoms with Crippen LogP contribution in [0, 0.1) is 11.3 Å². The molecule has 1 N–H and O–H groups in total. The Bertz CT molecular complexity index is 752. The van der Waals surface area contributed by atoms with E-state index in [2.05, 4.69) is 9.97 Å². The van der Waals surface area contributed by atoms with E-state index in [9.17, 15) is 9.83 Å². The van der Waals surface area contributed by atoms with E-state index in [1.165, 1.54) is 6.08 Å². The average molecular weight is 331 g/mol. The van der Waals surface area contributed by atoms with Gasteiger partial charge in [-0.25, -0.2) is 4.98 Å². The predicted octanol–water partition coefficient (Wildman–Crippen LogP) is 4.21. The van der Waals surface area contributed by atoms with Crippen LogP contribution in [0.3, 0.4) is 0 Å². The highest BCUT2D eigenvalue weighted by atomic mass is 31.2. The number of aromatic amines is 1. The maximum Gasteiger partial charge on any atom is 0.371 e. The van der Waals surface area contributed by atoms with Crippen molar-refractivity contribution < 1.29 is 13.6 Å². The van der Waals surface area contributed by atoms with Gasteiger partial charge in [0.2, 0.25) is 0 Å². The number of nitrogens with one attached hydrogen (secondary N) is 1. The number of hydrogen-bond acceptors (Lipinski definition) is 5. The molecule has 120 valence electrons. The molecule has 2 aromatic rings. The molecule has 0 aliphatic rings. The van der Waals surface area contributed by atoms with Crippen LogP contribution >= 0.6 is 7.60 Å². The molecule has 0 aliphatic heterocycles. The molecule has 23 heavy (non-hydrogen) atoms. The van der Waals surface area contributed by atoms with Crippen molar-refractivity contribution in [2.75, 3.05) is 13.2 Å². The van der Waals surface area contributed by atoms with Crippen LogP contribution in [0.25, 0.3) is 17.5 Å². The first-order chi connectivity index (χ1) is 11.1. The Hall–Kier alpha value is -2.19. The van der Waals surface area contributed by atoms with Crippen molar-refractivity contribution in [3.63, 3.8) is 0 Å². The molecule has 0 unspecified atom stereocenters. The normalized spacial score (nSPS) is 12.1. The fraction of sp³-hybridized carbons (Fsp3) is 0.250. The zero-order valence-electron chi connectivity index (χ0n) is 13.0. The minimum absolute atomic E-state index is 0.0514. The standard InChI is InChI=1S/C16H18N3O3P/c1-3-21-23(20,22-4-2)15(11-17)10-14-12-18-16(19-14)13-8-6-5-7-9-13/h5-10,12H,3-4H2,1-2H3,(H,18,19)/b15-10-. The molecule has 0 saturated carbocycles. The van der Waals surface area contributed by atoms with Gasteiger partial charge >= 0.3 is 7.60 Å². The maximum absolute atomic E-state index is 12.7. The van der Waals surface area contributed by atoms with Gasteiger partial charge in [-0.15, -0.1) is 0 Å². The summed E-state index contributed by atoms with van der Waals surface area (Å²) in [4.78, 5) is 7.35. The van der Waals surface area contributed by atoms with Crippen LogP contribution in [0.15, 0.2) is 41.8 Å².